The molecule has 0 saturated carbocycles. The minimum atomic E-state index is 0.483. The predicted octanol–water partition coefficient (Wildman–Crippen LogP) is 4.37. The Morgan fingerprint density at radius 3 is 2.75 bits per heavy atom. The van der Waals surface area contributed by atoms with Gasteiger partial charge in [0.2, 0.25) is 0 Å². The first kappa shape index (κ1) is 15.4. The van der Waals surface area contributed by atoms with Crippen molar-refractivity contribution in [3.63, 3.8) is 0 Å². The Balaban J connectivity index is 2.22. The van der Waals surface area contributed by atoms with E-state index in [4.69, 9.17) is 0 Å². The second kappa shape index (κ2) is 7.68. The molecule has 1 N–H and O–H groups in total. The van der Waals surface area contributed by atoms with Crippen LogP contribution in [0.3, 0.4) is 0 Å². The SMILES string of the molecule is CCNC(CC)c1ccccc1N1CCCC(C)CC1. The number of rotatable bonds is 5. The molecule has 2 heteroatoms. The van der Waals surface area contributed by atoms with Crippen molar-refractivity contribution in [2.45, 2.75) is 52.5 Å². The Kier molecular flexibility index (Phi) is 5.90. The van der Waals surface area contributed by atoms with Crippen molar-refractivity contribution in [1.29, 1.82) is 0 Å². The molecule has 2 nitrogen and oxygen atoms in total. The van der Waals surface area contributed by atoms with E-state index in [2.05, 4.69) is 55.3 Å². The van der Waals surface area contributed by atoms with E-state index in [1.54, 1.807) is 0 Å². The van der Waals surface area contributed by atoms with Gasteiger partial charge in [0.15, 0.2) is 0 Å². The summed E-state index contributed by atoms with van der Waals surface area (Å²) in [5.74, 6) is 0.878. The summed E-state index contributed by atoms with van der Waals surface area (Å²) in [7, 11) is 0. The van der Waals surface area contributed by atoms with Gasteiger partial charge in [-0.25, -0.2) is 0 Å². The molecule has 1 heterocycles. The first-order chi connectivity index (χ1) is 9.76. The fourth-order valence-corrected chi connectivity index (χ4v) is 3.29. The van der Waals surface area contributed by atoms with E-state index >= 15 is 0 Å². The number of nitrogens with zero attached hydrogens (tertiary/aromatic N) is 1. The van der Waals surface area contributed by atoms with Gasteiger partial charge in [-0.05, 0) is 49.8 Å². The molecule has 0 spiro atoms. The molecule has 2 unspecified atom stereocenters. The molecule has 1 aromatic rings. The molecule has 1 fully saturated rings. The Bertz CT molecular complexity index is 402. The summed E-state index contributed by atoms with van der Waals surface area (Å²) >= 11 is 0. The Morgan fingerprint density at radius 2 is 2.00 bits per heavy atom. The average Bonchev–Trinajstić information content (AvgIpc) is 2.69. The number of para-hydroxylation sites is 1. The van der Waals surface area contributed by atoms with Crippen molar-refractivity contribution >= 4 is 5.69 Å². The highest BCUT2D eigenvalue weighted by atomic mass is 15.1. The predicted molar refractivity (Wildman–Crippen MR) is 88.4 cm³/mol. The number of anilines is 1. The Morgan fingerprint density at radius 1 is 1.20 bits per heavy atom. The number of benzene rings is 1. The van der Waals surface area contributed by atoms with Crippen LogP contribution in [0, 0.1) is 5.92 Å². The first-order valence-corrected chi connectivity index (χ1v) is 8.33. The third-order valence-corrected chi connectivity index (χ3v) is 4.53. The van der Waals surface area contributed by atoms with Crippen molar-refractivity contribution in [1.82, 2.24) is 5.32 Å². The monoisotopic (exact) mass is 274 g/mol. The minimum Gasteiger partial charge on any atom is -0.371 e. The van der Waals surface area contributed by atoms with Crippen molar-refractivity contribution in [3.8, 4) is 0 Å². The number of nitrogens with one attached hydrogen (secondary N) is 1. The van der Waals surface area contributed by atoms with Gasteiger partial charge in [0.05, 0.1) is 0 Å². The van der Waals surface area contributed by atoms with Gasteiger partial charge in [-0.3, -0.25) is 0 Å². The van der Waals surface area contributed by atoms with Gasteiger partial charge in [0, 0.05) is 24.8 Å². The molecule has 1 saturated heterocycles. The van der Waals surface area contributed by atoms with Gasteiger partial charge in [-0.1, -0.05) is 39.0 Å². The highest BCUT2D eigenvalue weighted by Gasteiger charge is 2.19. The molecule has 0 bridgehead atoms. The zero-order valence-electron chi connectivity index (χ0n) is 13.4. The standard InChI is InChI=1S/C18H30N2/c1-4-17(19-5-2)16-10-6-7-11-18(16)20-13-8-9-15(3)12-14-20/h6-7,10-11,15,17,19H,4-5,8-9,12-14H2,1-3H3. The Hall–Kier alpha value is -1.02. The van der Waals surface area contributed by atoms with Crippen LogP contribution in [0.25, 0.3) is 0 Å². The van der Waals surface area contributed by atoms with E-state index < -0.39 is 0 Å². The van der Waals surface area contributed by atoms with Crippen LogP contribution in [0.2, 0.25) is 0 Å². The third-order valence-electron chi connectivity index (χ3n) is 4.53. The van der Waals surface area contributed by atoms with Gasteiger partial charge in [-0.15, -0.1) is 0 Å². The fraction of sp³-hybridized carbons (Fsp3) is 0.667. The Labute approximate surface area is 124 Å². The van der Waals surface area contributed by atoms with E-state index in [0.717, 1.165) is 18.9 Å². The van der Waals surface area contributed by atoms with Crippen LogP contribution in [0.5, 0.6) is 0 Å². The van der Waals surface area contributed by atoms with Crippen LogP contribution in [0.4, 0.5) is 5.69 Å². The maximum absolute atomic E-state index is 3.63. The van der Waals surface area contributed by atoms with Crippen LogP contribution < -0.4 is 10.2 Å². The second-order valence-electron chi connectivity index (χ2n) is 6.10. The molecule has 0 radical (unpaired) electrons. The van der Waals surface area contributed by atoms with E-state index in [0.29, 0.717) is 6.04 Å². The molecule has 2 atom stereocenters. The summed E-state index contributed by atoms with van der Waals surface area (Å²) in [6.07, 6.45) is 5.18. The summed E-state index contributed by atoms with van der Waals surface area (Å²) in [4.78, 5) is 2.61. The molecular weight excluding hydrogens is 244 g/mol. The van der Waals surface area contributed by atoms with Gasteiger partial charge >= 0.3 is 0 Å². The lowest BCUT2D eigenvalue weighted by Gasteiger charge is -2.29. The summed E-state index contributed by atoms with van der Waals surface area (Å²) in [5, 5.41) is 3.63. The smallest absolute Gasteiger partial charge is 0.0414 e. The van der Waals surface area contributed by atoms with Crippen LogP contribution in [-0.2, 0) is 0 Å². The van der Waals surface area contributed by atoms with Crippen molar-refractivity contribution in [3.05, 3.63) is 29.8 Å². The van der Waals surface area contributed by atoms with E-state index in [1.807, 2.05) is 0 Å². The van der Waals surface area contributed by atoms with E-state index in [-0.39, 0.29) is 0 Å². The molecule has 20 heavy (non-hydrogen) atoms. The molecule has 0 amide bonds. The third kappa shape index (κ3) is 3.76. The van der Waals surface area contributed by atoms with Gasteiger partial charge in [0.25, 0.3) is 0 Å². The van der Waals surface area contributed by atoms with Gasteiger partial charge in [-0.2, -0.15) is 0 Å². The van der Waals surface area contributed by atoms with Crippen LogP contribution in [0.1, 0.15) is 58.1 Å². The summed E-state index contributed by atoms with van der Waals surface area (Å²) in [5.41, 5.74) is 2.93. The number of hydrogen-bond donors (Lipinski definition) is 1. The second-order valence-corrected chi connectivity index (χ2v) is 6.10. The van der Waals surface area contributed by atoms with Crippen molar-refractivity contribution in [2.75, 3.05) is 24.5 Å². The summed E-state index contributed by atoms with van der Waals surface area (Å²) < 4.78 is 0. The van der Waals surface area contributed by atoms with Crippen LogP contribution >= 0.6 is 0 Å². The largest absolute Gasteiger partial charge is 0.371 e. The lowest BCUT2D eigenvalue weighted by molar-refractivity contribution is 0.520. The molecule has 0 aromatic heterocycles. The average molecular weight is 274 g/mol. The molecule has 112 valence electrons. The molecule has 0 aliphatic carbocycles. The zero-order chi connectivity index (χ0) is 14.4. The molecule has 1 aromatic carbocycles. The normalized spacial score (nSPS) is 21.6. The van der Waals surface area contributed by atoms with E-state index in [9.17, 15) is 0 Å². The van der Waals surface area contributed by atoms with Crippen molar-refractivity contribution < 1.29 is 0 Å². The van der Waals surface area contributed by atoms with E-state index in [1.165, 1.54) is 43.6 Å². The van der Waals surface area contributed by atoms with Crippen molar-refractivity contribution in [2.24, 2.45) is 5.92 Å². The topological polar surface area (TPSA) is 15.3 Å². The lowest BCUT2D eigenvalue weighted by Crippen LogP contribution is -2.28. The molecule has 2 rings (SSSR count). The molecule has 1 aliphatic rings. The minimum absolute atomic E-state index is 0.483. The van der Waals surface area contributed by atoms with Crippen LogP contribution in [0.15, 0.2) is 24.3 Å². The fourth-order valence-electron chi connectivity index (χ4n) is 3.29. The maximum atomic E-state index is 3.63. The highest BCUT2D eigenvalue weighted by Crippen LogP contribution is 2.30. The maximum Gasteiger partial charge on any atom is 0.0414 e. The molecular formula is C18H30N2. The highest BCUT2D eigenvalue weighted by molar-refractivity contribution is 5.55. The van der Waals surface area contributed by atoms with Crippen LogP contribution in [-0.4, -0.2) is 19.6 Å². The quantitative estimate of drug-likeness (QED) is 0.857. The van der Waals surface area contributed by atoms with Gasteiger partial charge < -0.3 is 10.2 Å². The zero-order valence-corrected chi connectivity index (χ0v) is 13.4. The summed E-state index contributed by atoms with van der Waals surface area (Å²) in [6.45, 7) is 10.3. The summed E-state index contributed by atoms with van der Waals surface area (Å²) in [6, 6.07) is 9.47. The van der Waals surface area contributed by atoms with Gasteiger partial charge in [0.1, 0.15) is 0 Å². The molecule has 1 aliphatic heterocycles. The first-order valence-electron chi connectivity index (χ1n) is 8.33. The lowest BCUT2D eigenvalue weighted by atomic mass is 10.0. The number of hydrogen-bond acceptors (Lipinski definition) is 2.